The Kier molecular flexibility index (Phi) is 4.22. The van der Waals surface area contributed by atoms with Crippen molar-refractivity contribution in [3.05, 3.63) is 36.0 Å². The maximum Gasteiger partial charge on any atom is 0.159 e. The molecule has 6 rings (SSSR count). The lowest BCUT2D eigenvalue weighted by Crippen LogP contribution is -2.50. The number of nitrogens with one attached hydrogen (secondary N) is 3. The summed E-state index contributed by atoms with van der Waals surface area (Å²) in [7, 11) is 0. The highest BCUT2D eigenvalue weighted by Gasteiger charge is 2.39. The molecule has 0 bridgehead atoms. The molecule has 31 heavy (non-hydrogen) atoms. The molecule has 0 aliphatic carbocycles. The number of imidazole rings is 1. The van der Waals surface area contributed by atoms with E-state index in [4.69, 9.17) is 9.72 Å². The molecule has 10 nitrogen and oxygen atoms in total. The fraction of sp³-hybridized carbons (Fsp3) is 0.381. The maximum absolute atomic E-state index is 5.58. The second-order valence-corrected chi connectivity index (χ2v) is 8.19. The molecular formula is C21H23N9O. The lowest BCUT2D eigenvalue weighted by molar-refractivity contribution is -0.0170. The van der Waals surface area contributed by atoms with Gasteiger partial charge in [-0.1, -0.05) is 0 Å². The molecule has 2 aliphatic rings. The van der Waals surface area contributed by atoms with E-state index in [1.165, 1.54) is 0 Å². The van der Waals surface area contributed by atoms with Crippen LogP contribution in [0, 0.1) is 0 Å². The van der Waals surface area contributed by atoms with Crippen LogP contribution in [0.4, 0.5) is 0 Å². The molecule has 0 radical (unpaired) electrons. The highest BCUT2D eigenvalue weighted by Crippen LogP contribution is 2.37. The number of pyridine rings is 1. The van der Waals surface area contributed by atoms with Crippen molar-refractivity contribution in [2.45, 2.75) is 25.4 Å². The Morgan fingerprint density at radius 3 is 2.94 bits per heavy atom. The van der Waals surface area contributed by atoms with Crippen molar-refractivity contribution in [2.24, 2.45) is 4.99 Å². The van der Waals surface area contributed by atoms with Crippen molar-refractivity contribution in [3.63, 3.8) is 0 Å². The van der Waals surface area contributed by atoms with Gasteiger partial charge in [-0.25, -0.2) is 4.98 Å². The Balaban J connectivity index is 1.45. The third-order valence-corrected chi connectivity index (χ3v) is 6.33. The number of aromatic nitrogens is 7. The van der Waals surface area contributed by atoms with E-state index in [2.05, 4.69) is 47.2 Å². The molecule has 0 aromatic carbocycles. The van der Waals surface area contributed by atoms with Crippen LogP contribution in [0.2, 0.25) is 0 Å². The number of aliphatic imine (C=N–C) groups is 1. The van der Waals surface area contributed by atoms with Gasteiger partial charge in [0, 0.05) is 42.9 Å². The zero-order valence-corrected chi connectivity index (χ0v) is 17.2. The molecule has 4 aromatic rings. The number of nitrogens with zero attached hydrogens (tertiary/aromatic N) is 6. The van der Waals surface area contributed by atoms with Crippen LogP contribution in [0.15, 0.2) is 29.6 Å². The van der Waals surface area contributed by atoms with Crippen molar-refractivity contribution in [1.82, 2.24) is 40.2 Å². The van der Waals surface area contributed by atoms with Crippen LogP contribution in [0.25, 0.3) is 33.7 Å². The summed E-state index contributed by atoms with van der Waals surface area (Å²) in [6, 6.07) is 2.02. The van der Waals surface area contributed by atoms with Crippen molar-refractivity contribution >= 4 is 17.1 Å². The molecule has 0 amide bonds. The minimum absolute atomic E-state index is 0.233. The highest BCUT2D eigenvalue weighted by atomic mass is 16.5. The summed E-state index contributed by atoms with van der Waals surface area (Å²) in [5.41, 5.74) is 5.26. The Bertz CT molecular complexity index is 1250. The number of H-pyrrole nitrogens is 3. The molecule has 0 saturated carbocycles. The number of morpholine rings is 1. The molecule has 2 aliphatic heterocycles. The number of aromatic amines is 3. The first-order valence-electron chi connectivity index (χ1n) is 10.5. The van der Waals surface area contributed by atoms with Crippen LogP contribution in [0.5, 0.6) is 0 Å². The zero-order chi connectivity index (χ0) is 20.8. The van der Waals surface area contributed by atoms with E-state index < -0.39 is 0 Å². The summed E-state index contributed by atoms with van der Waals surface area (Å²) >= 11 is 0. The quantitative estimate of drug-likeness (QED) is 0.470. The van der Waals surface area contributed by atoms with E-state index in [1.807, 2.05) is 18.5 Å². The summed E-state index contributed by atoms with van der Waals surface area (Å²) in [5.74, 6) is 0.747. The van der Waals surface area contributed by atoms with Crippen LogP contribution in [0.1, 0.15) is 24.7 Å². The Hall–Kier alpha value is -3.37. The van der Waals surface area contributed by atoms with Gasteiger partial charge in [0.2, 0.25) is 0 Å². The molecule has 3 N–H and O–H groups in total. The molecule has 1 fully saturated rings. The van der Waals surface area contributed by atoms with Crippen molar-refractivity contribution < 1.29 is 4.74 Å². The molecule has 1 unspecified atom stereocenters. The third-order valence-electron chi connectivity index (χ3n) is 6.33. The predicted molar refractivity (Wildman–Crippen MR) is 116 cm³/mol. The SMILES string of the molecule is CC1(N2CCOCC2)CC=NCc2[nH]c(-c3n[nH]c4cnc(-c5cn[nH]c5)cc34)nc21. The Morgan fingerprint density at radius 1 is 1.19 bits per heavy atom. The molecular weight excluding hydrogens is 394 g/mol. The zero-order valence-electron chi connectivity index (χ0n) is 17.2. The van der Waals surface area contributed by atoms with Crippen LogP contribution in [-0.4, -0.2) is 72.8 Å². The normalized spacial score (nSPS) is 22.0. The van der Waals surface area contributed by atoms with Gasteiger partial charge in [-0.2, -0.15) is 10.2 Å². The molecule has 1 saturated heterocycles. The Labute approximate surface area is 178 Å². The van der Waals surface area contributed by atoms with Crippen LogP contribution in [-0.2, 0) is 16.8 Å². The lowest BCUT2D eigenvalue weighted by atomic mass is 9.90. The number of hydrogen-bond donors (Lipinski definition) is 3. The molecule has 6 heterocycles. The molecule has 4 aromatic heterocycles. The van der Waals surface area contributed by atoms with Gasteiger partial charge in [0.1, 0.15) is 5.69 Å². The monoisotopic (exact) mass is 417 g/mol. The maximum atomic E-state index is 5.58. The minimum atomic E-state index is -0.233. The highest BCUT2D eigenvalue weighted by molar-refractivity contribution is 5.93. The summed E-state index contributed by atoms with van der Waals surface area (Å²) in [6.07, 6.45) is 8.23. The van der Waals surface area contributed by atoms with Gasteiger partial charge in [-0.15, -0.1) is 0 Å². The topological polar surface area (TPSA) is 124 Å². The first-order valence-corrected chi connectivity index (χ1v) is 10.5. The van der Waals surface area contributed by atoms with Crippen molar-refractivity contribution in [1.29, 1.82) is 0 Å². The second-order valence-electron chi connectivity index (χ2n) is 8.19. The van der Waals surface area contributed by atoms with E-state index >= 15 is 0 Å². The van der Waals surface area contributed by atoms with Crippen LogP contribution in [0.3, 0.4) is 0 Å². The number of rotatable bonds is 3. The molecule has 1 atom stereocenters. The van der Waals surface area contributed by atoms with E-state index in [1.54, 1.807) is 12.4 Å². The van der Waals surface area contributed by atoms with E-state index in [9.17, 15) is 0 Å². The third kappa shape index (κ3) is 2.98. The minimum Gasteiger partial charge on any atom is -0.379 e. The summed E-state index contributed by atoms with van der Waals surface area (Å²) < 4.78 is 5.58. The average molecular weight is 417 g/mol. The van der Waals surface area contributed by atoms with E-state index in [0.717, 1.165) is 77.8 Å². The van der Waals surface area contributed by atoms with Gasteiger partial charge >= 0.3 is 0 Å². The van der Waals surface area contributed by atoms with Crippen LogP contribution >= 0.6 is 0 Å². The number of ether oxygens (including phenoxy) is 1. The standard InChI is InChI=1S/C21H23N9O/c1-21(30-4-6-31-7-5-30)2-3-22-11-17-19(21)27-20(26-17)18-14-8-15(13-9-24-25-10-13)23-12-16(14)28-29-18/h3,8-10,12H,2,4-7,11H2,1H3,(H,24,25)(H,26,27)(H,28,29). The van der Waals surface area contributed by atoms with Crippen LogP contribution < -0.4 is 0 Å². The van der Waals surface area contributed by atoms with Crippen molar-refractivity contribution in [3.8, 4) is 22.8 Å². The Morgan fingerprint density at radius 2 is 2.10 bits per heavy atom. The molecule has 158 valence electrons. The van der Waals surface area contributed by atoms with Gasteiger partial charge in [0.15, 0.2) is 5.82 Å². The average Bonchev–Trinajstić information content (AvgIpc) is 3.55. The fourth-order valence-corrected chi connectivity index (χ4v) is 4.56. The molecule has 0 spiro atoms. The van der Waals surface area contributed by atoms with Gasteiger partial charge in [-0.05, 0) is 13.0 Å². The first-order chi connectivity index (χ1) is 15.2. The van der Waals surface area contributed by atoms with Gasteiger partial charge in [0.05, 0.1) is 60.3 Å². The predicted octanol–water partition coefficient (Wildman–Crippen LogP) is 2.26. The largest absolute Gasteiger partial charge is 0.379 e. The summed E-state index contributed by atoms with van der Waals surface area (Å²) in [6.45, 7) is 6.10. The first kappa shape index (κ1) is 18.4. The summed E-state index contributed by atoms with van der Waals surface area (Å²) in [4.78, 5) is 20.2. The smallest absolute Gasteiger partial charge is 0.159 e. The van der Waals surface area contributed by atoms with E-state index in [0.29, 0.717) is 6.54 Å². The summed E-state index contributed by atoms with van der Waals surface area (Å²) in [5, 5.41) is 15.5. The number of fused-ring (bicyclic) bond motifs is 2. The molecule has 10 heteroatoms. The van der Waals surface area contributed by atoms with Gasteiger partial charge in [-0.3, -0.25) is 25.1 Å². The van der Waals surface area contributed by atoms with Gasteiger partial charge in [0.25, 0.3) is 0 Å². The fourth-order valence-electron chi connectivity index (χ4n) is 4.56. The van der Waals surface area contributed by atoms with E-state index in [-0.39, 0.29) is 5.54 Å². The lowest BCUT2D eigenvalue weighted by Gasteiger charge is -2.41. The van der Waals surface area contributed by atoms with Gasteiger partial charge < -0.3 is 9.72 Å². The number of hydrogen-bond acceptors (Lipinski definition) is 7. The van der Waals surface area contributed by atoms with Crippen molar-refractivity contribution in [2.75, 3.05) is 26.3 Å². The second kappa shape index (κ2) is 7.10.